The summed E-state index contributed by atoms with van der Waals surface area (Å²) in [6.07, 6.45) is 24.3. The fraction of sp³-hybridized carbons (Fsp3) is 0.793. The first-order chi connectivity index (χ1) is 14.6. The summed E-state index contributed by atoms with van der Waals surface area (Å²) in [7, 11) is 4.78. The second-order valence-electron chi connectivity index (χ2n) is 10.3. The Morgan fingerprint density at radius 2 is 0.871 bits per heavy atom. The van der Waals surface area contributed by atoms with Crippen molar-refractivity contribution >= 4 is 0 Å². The van der Waals surface area contributed by atoms with E-state index in [1.54, 1.807) is 0 Å². The lowest BCUT2D eigenvalue weighted by Gasteiger charge is -2.30. The molecule has 182 valence electrons. The van der Waals surface area contributed by atoms with Crippen molar-refractivity contribution in [3.8, 4) is 0 Å². The van der Waals surface area contributed by atoms with E-state index in [1.807, 2.05) is 0 Å². The fourth-order valence-corrected chi connectivity index (χ4v) is 4.54. The molecule has 1 rings (SSSR count). The zero-order valence-electron chi connectivity index (χ0n) is 21.6. The number of rotatable bonds is 20. The van der Waals surface area contributed by atoms with Gasteiger partial charge < -0.3 is 16.9 Å². The maximum atomic E-state index is 2.39. The van der Waals surface area contributed by atoms with Gasteiger partial charge >= 0.3 is 0 Å². The van der Waals surface area contributed by atoms with Gasteiger partial charge in [0.05, 0.1) is 20.6 Å². The van der Waals surface area contributed by atoms with Gasteiger partial charge in [-0.25, -0.2) is 0 Å². The number of quaternary nitrogens is 1. The molecule has 0 radical (unpaired) electrons. The van der Waals surface area contributed by atoms with Gasteiger partial charge in [0.15, 0.2) is 0 Å². The van der Waals surface area contributed by atoms with Gasteiger partial charge in [-0.2, -0.15) is 0 Å². The molecule has 2 heteroatoms. The van der Waals surface area contributed by atoms with Crippen LogP contribution in [0.3, 0.4) is 0 Å². The molecule has 0 heterocycles. The molecule has 0 fully saturated rings. The van der Waals surface area contributed by atoms with Crippen molar-refractivity contribution < 1.29 is 16.9 Å². The van der Waals surface area contributed by atoms with E-state index in [1.165, 1.54) is 120 Å². The number of hydrogen-bond donors (Lipinski definition) is 0. The van der Waals surface area contributed by atoms with Gasteiger partial charge in [0.25, 0.3) is 0 Å². The third-order valence-corrected chi connectivity index (χ3v) is 6.66. The lowest BCUT2D eigenvalue weighted by molar-refractivity contribution is -0.903. The summed E-state index contributed by atoms with van der Waals surface area (Å²) in [6.45, 7) is 6.98. The molecule has 0 N–H and O–H groups in total. The van der Waals surface area contributed by atoms with Crippen LogP contribution in [0.15, 0.2) is 24.3 Å². The van der Waals surface area contributed by atoms with Crippen molar-refractivity contribution in [1.29, 1.82) is 0 Å². The second kappa shape index (κ2) is 20.1. The third-order valence-electron chi connectivity index (χ3n) is 6.66. The average Bonchev–Trinajstić information content (AvgIpc) is 2.73. The largest absolute Gasteiger partial charge is 1.00 e. The van der Waals surface area contributed by atoms with E-state index in [-0.39, 0.29) is 12.4 Å². The molecule has 0 aliphatic rings. The van der Waals surface area contributed by atoms with Gasteiger partial charge in [-0.05, 0) is 24.8 Å². The smallest absolute Gasteiger partial charge is 0.104 e. The quantitative estimate of drug-likeness (QED) is 0.166. The van der Waals surface area contributed by atoms with Crippen molar-refractivity contribution in [2.75, 3.05) is 20.6 Å². The van der Waals surface area contributed by atoms with Crippen LogP contribution in [0, 0.1) is 0 Å². The van der Waals surface area contributed by atoms with Gasteiger partial charge in [0, 0.05) is 5.56 Å². The van der Waals surface area contributed by atoms with E-state index in [9.17, 15) is 0 Å². The third kappa shape index (κ3) is 17.7. The first-order valence-electron chi connectivity index (χ1n) is 13.5. The second-order valence-corrected chi connectivity index (χ2v) is 10.3. The molecule has 1 aromatic rings. The molecule has 1 aromatic carbocycles. The fourth-order valence-electron chi connectivity index (χ4n) is 4.54. The maximum Gasteiger partial charge on any atom is 0.104 e. The van der Waals surface area contributed by atoms with E-state index in [0.29, 0.717) is 0 Å². The first-order valence-corrected chi connectivity index (χ1v) is 13.5. The Bertz CT molecular complexity index is 494. The normalized spacial score (nSPS) is 11.5. The summed E-state index contributed by atoms with van der Waals surface area (Å²) < 4.78 is 1.12. The van der Waals surface area contributed by atoms with E-state index < -0.39 is 0 Å². The zero-order valence-corrected chi connectivity index (χ0v) is 22.3. The summed E-state index contributed by atoms with van der Waals surface area (Å²) in [5.41, 5.74) is 2.93. The van der Waals surface area contributed by atoms with Crippen LogP contribution in [0.25, 0.3) is 0 Å². The van der Waals surface area contributed by atoms with Gasteiger partial charge in [-0.1, -0.05) is 128 Å². The molecular formula is C29H54ClN. The predicted molar refractivity (Wildman–Crippen MR) is 136 cm³/mol. The molecular weight excluding hydrogens is 398 g/mol. The molecule has 0 saturated carbocycles. The molecule has 0 bridgehead atoms. The Kier molecular flexibility index (Phi) is 19.8. The standard InChI is InChI=1S/C29H54N.ClH/c1-5-7-8-9-10-11-12-13-14-15-16-17-18-19-20-21-26-30(3,4)27-29-24-22-28(6-2)23-25-29;/h22-25H,5-21,26-27H2,1-4H3;1H/q+1;/p-1. The molecule has 0 spiro atoms. The summed E-state index contributed by atoms with van der Waals surface area (Å²) in [5, 5.41) is 0. The number of benzene rings is 1. The van der Waals surface area contributed by atoms with Crippen LogP contribution in [0.4, 0.5) is 0 Å². The minimum atomic E-state index is 0. The SMILES string of the molecule is CCCCCCCCCCCCCCCCCC[N+](C)(C)Cc1ccc(CC)cc1.[Cl-]. The van der Waals surface area contributed by atoms with Crippen molar-refractivity contribution in [2.45, 2.75) is 130 Å². The first kappa shape index (κ1) is 30.5. The van der Waals surface area contributed by atoms with Crippen LogP contribution in [-0.4, -0.2) is 25.1 Å². The Balaban J connectivity index is 0.00000900. The topological polar surface area (TPSA) is 0 Å². The van der Waals surface area contributed by atoms with Crippen molar-refractivity contribution in [2.24, 2.45) is 0 Å². The van der Waals surface area contributed by atoms with E-state index >= 15 is 0 Å². The Hall–Kier alpha value is -0.530. The van der Waals surface area contributed by atoms with Crippen LogP contribution < -0.4 is 12.4 Å². The molecule has 0 aliphatic heterocycles. The van der Waals surface area contributed by atoms with Crippen LogP contribution in [0.5, 0.6) is 0 Å². The summed E-state index contributed by atoms with van der Waals surface area (Å²) >= 11 is 0. The minimum Gasteiger partial charge on any atom is -1.00 e. The minimum absolute atomic E-state index is 0. The number of hydrogen-bond acceptors (Lipinski definition) is 0. The molecule has 0 saturated heterocycles. The van der Waals surface area contributed by atoms with Crippen molar-refractivity contribution in [3.63, 3.8) is 0 Å². The lowest BCUT2D eigenvalue weighted by Crippen LogP contribution is -3.00. The van der Waals surface area contributed by atoms with E-state index in [2.05, 4.69) is 52.2 Å². The highest BCUT2D eigenvalue weighted by atomic mass is 35.5. The highest BCUT2D eigenvalue weighted by Gasteiger charge is 2.15. The molecule has 0 aliphatic carbocycles. The van der Waals surface area contributed by atoms with E-state index in [0.717, 1.165) is 17.4 Å². The van der Waals surface area contributed by atoms with Crippen LogP contribution in [0.1, 0.15) is 128 Å². The number of aryl methyl sites for hydroxylation is 1. The number of nitrogens with zero attached hydrogens (tertiary/aromatic N) is 1. The van der Waals surface area contributed by atoms with Crippen LogP contribution in [-0.2, 0) is 13.0 Å². The molecule has 0 atom stereocenters. The predicted octanol–water partition coefficient (Wildman–Crippen LogP) is 6.09. The van der Waals surface area contributed by atoms with Crippen LogP contribution >= 0.6 is 0 Å². The molecule has 0 unspecified atom stereocenters. The highest BCUT2D eigenvalue weighted by molar-refractivity contribution is 5.21. The average molecular weight is 452 g/mol. The van der Waals surface area contributed by atoms with Crippen molar-refractivity contribution in [1.82, 2.24) is 0 Å². The summed E-state index contributed by atoms with van der Waals surface area (Å²) in [4.78, 5) is 0. The maximum absolute atomic E-state index is 2.39. The zero-order chi connectivity index (χ0) is 21.9. The Labute approximate surface area is 202 Å². The summed E-state index contributed by atoms with van der Waals surface area (Å²) in [6, 6.07) is 9.24. The number of unbranched alkanes of at least 4 members (excludes halogenated alkanes) is 15. The van der Waals surface area contributed by atoms with Crippen LogP contribution in [0.2, 0.25) is 0 Å². The molecule has 31 heavy (non-hydrogen) atoms. The Morgan fingerprint density at radius 1 is 0.516 bits per heavy atom. The molecule has 0 amide bonds. The summed E-state index contributed by atoms with van der Waals surface area (Å²) in [5.74, 6) is 0. The van der Waals surface area contributed by atoms with E-state index in [4.69, 9.17) is 0 Å². The van der Waals surface area contributed by atoms with Gasteiger partial charge in [-0.15, -0.1) is 0 Å². The molecule has 0 aromatic heterocycles. The Morgan fingerprint density at radius 3 is 1.26 bits per heavy atom. The molecule has 1 nitrogen and oxygen atoms in total. The van der Waals surface area contributed by atoms with Gasteiger partial charge in [0.2, 0.25) is 0 Å². The number of halogens is 1. The lowest BCUT2D eigenvalue weighted by atomic mass is 10.0. The monoisotopic (exact) mass is 451 g/mol. The highest BCUT2D eigenvalue weighted by Crippen LogP contribution is 2.16. The van der Waals surface area contributed by atoms with Crippen molar-refractivity contribution in [3.05, 3.63) is 35.4 Å². The van der Waals surface area contributed by atoms with Gasteiger partial charge in [0.1, 0.15) is 6.54 Å². The van der Waals surface area contributed by atoms with Gasteiger partial charge in [-0.3, -0.25) is 0 Å².